The van der Waals surface area contributed by atoms with Gasteiger partial charge in [0.25, 0.3) is 0 Å². The topological polar surface area (TPSA) is 0 Å². The Morgan fingerprint density at radius 2 is 1.14 bits per heavy atom. The largest absolute Gasteiger partial charge is 0.0617 e. The van der Waals surface area contributed by atoms with Crippen LogP contribution >= 0.6 is 0 Å². The average Bonchev–Trinajstić information content (AvgIpc) is 2.42. The Balaban J connectivity index is 1.97. The molecule has 5 aliphatic carbocycles. The van der Waals surface area contributed by atoms with Gasteiger partial charge in [-0.2, -0.15) is 0 Å². The summed E-state index contributed by atoms with van der Waals surface area (Å²) in [6.07, 6.45) is 3.18. The van der Waals surface area contributed by atoms with E-state index in [1.807, 2.05) is 0 Å². The van der Waals surface area contributed by atoms with Crippen LogP contribution in [-0.2, 0) is 0 Å². The van der Waals surface area contributed by atoms with Crippen molar-refractivity contribution < 1.29 is 0 Å². The summed E-state index contributed by atoms with van der Waals surface area (Å²) < 4.78 is 0. The van der Waals surface area contributed by atoms with E-state index in [1.54, 1.807) is 12.8 Å². The maximum Gasteiger partial charge on any atom is -0.0207 e. The standard InChI is InChI=1S/C14H22/c1-7-9-5-11-12-6-10(9)8(2)14(12,4)13(7,11)3/h7-12H,5-6H2,1-4H3. The van der Waals surface area contributed by atoms with E-state index >= 15 is 0 Å². The molecule has 5 saturated carbocycles. The number of hydrogen-bond acceptors (Lipinski definition) is 0. The van der Waals surface area contributed by atoms with Gasteiger partial charge in [-0.25, -0.2) is 0 Å². The Hall–Kier alpha value is 0. The Morgan fingerprint density at radius 3 is 1.50 bits per heavy atom. The molecule has 5 rings (SSSR count). The highest BCUT2D eigenvalue weighted by atomic mass is 14.9. The van der Waals surface area contributed by atoms with Crippen LogP contribution < -0.4 is 0 Å². The van der Waals surface area contributed by atoms with Crippen LogP contribution in [0.1, 0.15) is 40.5 Å². The van der Waals surface area contributed by atoms with Crippen molar-refractivity contribution >= 4 is 0 Å². The minimum atomic E-state index is 0.731. The number of hydrogen-bond donors (Lipinski definition) is 0. The Bertz CT molecular complexity index is 266. The fraction of sp³-hybridized carbons (Fsp3) is 1.00. The highest BCUT2D eigenvalue weighted by Crippen LogP contribution is 2.87. The van der Waals surface area contributed by atoms with Gasteiger partial charge in [0.1, 0.15) is 0 Å². The van der Waals surface area contributed by atoms with Gasteiger partial charge < -0.3 is 0 Å². The van der Waals surface area contributed by atoms with E-state index in [1.165, 1.54) is 0 Å². The summed E-state index contributed by atoms with van der Waals surface area (Å²) in [7, 11) is 0. The van der Waals surface area contributed by atoms with Crippen LogP contribution in [0.25, 0.3) is 0 Å². The predicted molar refractivity (Wildman–Crippen MR) is 57.7 cm³/mol. The summed E-state index contributed by atoms with van der Waals surface area (Å²) >= 11 is 0. The lowest BCUT2D eigenvalue weighted by Gasteiger charge is -2.67. The first-order chi connectivity index (χ1) is 6.53. The second kappa shape index (κ2) is 1.83. The van der Waals surface area contributed by atoms with Crippen LogP contribution in [0.15, 0.2) is 0 Å². The molecule has 0 aromatic carbocycles. The molecule has 8 unspecified atom stereocenters. The van der Waals surface area contributed by atoms with Crippen molar-refractivity contribution in [3.63, 3.8) is 0 Å². The van der Waals surface area contributed by atoms with Crippen LogP contribution in [0.4, 0.5) is 0 Å². The van der Waals surface area contributed by atoms with Crippen LogP contribution in [0.2, 0.25) is 0 Å². The predicted octanol–water partition coefficient (Wildman–Crippen LogP) is 3.57. The molecule has 78 valence electrons. The SMILES string of the molecule is CC1C2CC3C4CC2C(C)C4(C)C13C. The molecule has 0 spiro atoms. The molecule has 0 aliphatic heterocycles. The van der Waals surface area contributed by atoms with Crippen LogP contribution in [0.5, 0.6) is 0 Å². The van der Waals surface area contributed by atoms with E-state index in [-0.39, 0.29) is 0 Å². The first-order valence-electron chi connectivity index (χ1n) is 6.53. The highest BCUT2D eigenvalue weighted by molar-refractivity contribution is 5.29. The van der Waals surface area contributed by atoms with Crippen molar-refractivity contribution in [1.29, 1.82) is 0 Å². The van der Waals surface area contributed by atoms with E-state index in [4.69, 9.17) is 0 Å². The van der Waals surface area contributed by atoms with Gasteiger partial charge in [-0.1, -0.05) is 27.7 Å². The molecule has 0 N–H and O–H groups in total. The zero-order valence-corrected chi connectivity index (χ0v) is 9.88. The monoisotopic (exact) mass is 190 g/mol. The second-order valence-corrected chi connectivity index (χ2v) is 7.15. The van der Waals surface area contributed by atoms with E-state index in [0.29, 0.717) is 0 Å². The van der Waals surface area contributed by atoms with Crippen molar-refractivity contribution in [1.82, 2.24) is 0 Å². The first kappa shape index (κ1) is 8.19. The molecule has 0 heteroatoms. The molecule has 6 bridgehead atoms. The zero-order chi connectivity index (χ0) is 9.88. The molecule has 0 nitrogen and oxygen atoms in total. The molecule has 0 heterocycles. The molecule has 5 fully saturated rings. The molecule has 0 radical (unpaired) electrons. The second-order valence-electron chi connectivity index (χ2n) is 7.15. The summed E-state index contributed by atoms with van der Waals surface area (Å²) in [5, 5.41) is 0. The normalized spacial score (nSPS) is 78.0. The quantitative estimate of drug-likeness (QED) is 0.548. The van der Waals surface area contributed by atoms with E-state index < -0.39 is 0 Å². The van der Waals surface area contributed by atoms with Gasteiger partial charge in [-0.05, 0) is 59.2 Å². The molecule has 14 heavy (non-hydrogen) atoms. The van der Waals surface area contributed by atoms with Crippen LogP contribution in [-0.4, -0.2) is 0 Å². The summed E-state index contributed by atoms with van der Waals surface area (Å²) in [6.45, 7) is 10.4. The van der Waals surface area contributed by atoms with E-state index in [2.05, 4.69) is 27.7 Å². The minimum Gasteiger partial charge on any atom is -0.0617 e. The summed E-state index contributed by atoms with van der Waals surface area (Å²) in [4.78, 5) is 0. The van der Waals surface area contributed by atoms with Crippen molar-refractivity contribution in [3.8, 4) is 0 Å². The van der Waals surface area contributed by atoms with Gasteiger partial charge in [0, 0.05) is 0 Å². The van der Waals surface area contributed by atoms with Crippen LogP contribution in [0, 0.1) is 46.3 Å². The lowest BCUT2D eigenvalue weighted by molar-refractivity contribution is -0.199. The lowest BCUT2D eigenvalue weighted by atomic mass is 9.37. The Kier molecular flexibility index (Phi) is 1.07. The maximum atomic E-state index is 2.62. The van der Waals surface area contributed by atoms with Gasteiger partial charge in [0.15, 0.2) is 0 Å². The molecular weight excluding hydrogens is 168 g/mol. The van der Waals surface area contributed by atoms with Gasteiger partial charge in [-0.3, -0.25) is 0 Å². The number of rotatable bonds is 0. The van der Waals surface area contributed by atoms with Crippen molar-refractivity contribution in [2.75, 3.05) is 0 Å². The molecule has 0 aromatic rings. The van der Waals surface area contributed by atoms with Gasteiger partial charge in [0.2, 0.25) is 0 Å². The third kappa shape index (κ3) is 0.447. The first-order valence-corrected chi connectivity index (χ1v) is 6.53. The smallest absolute Gasteiger partial charge is 0.0207 e. The van der Waals surface area contributed by atoms with Gasteiger partial charge in [-0.15, -0.1) is 0 Å². The molecule has 0 amide bonds. The van der Waals surface area contributed by atoms with Crippen molar-refractivity contribution in [2.45, 2.75) is 40.5 Å². The van der Waals surface area contributed by atoms with Crippen molar-refractivity contribution in [2.24, 2.45) is 46.3 Å². The molecule has 0 saturated heterocycles. The van der Waals surface area contributed by atoms with E-state index in [9.17, 15) is 0 Å². The highest BCUT2D eigenvalue weighted by Gasteiger charge is 2.81. The maximum absolute atomic E-state index is 2.62. The summed E-state index contributed by atoms with van der Waals surface area (Å²) in [6, 6.07) is 0. The molecule has 8 atom stereocenters. The summed E-state index contributed by atoms with van der Waals surface area (Å²) in [5.41, 5.74) is 1.46. The fourth-order valence-corrected chi connectivity index (χ4v) is 6.99. The van der Waals surface area contributed by atoms with Crippen molar-refractivity contribution in [3.05, 3.63) is 0 Å². The van der Waals surface area contributed by atoms with Gasteiger partial charge >= 0.3 is 0 Å². The molecule has 5 aliphatic rings. The lowest BCUT2D eigenvalue weighted by Crippen LogP contribution is -2.62. The fourth-order valence-electron chi connectivity index (χ4n) is 6.99. The average molecular weight is 190 g/mol. The zero-order valence-electron chi connectivity index (χ0n) is 9.88. The minimum absolute atomic E-state index is 0.731. The molecular formula is C14H22. The third-order valence-electron chi connectivity index (χ3n) is 7.97. The van der Waals surface area contributed by atoms with Crippen LogP contribution in [0.3, 0.4) is 0 Å². The van der Waals surface area contributed by atoms with E-state index in [0.717, 1.165) is 46.3 Å². The third-order valence-corrected chi connectivity index (χ3v) is 7.97. The molecule has 0 aromatic heterocycles. The Labute approximate surface area is 87.5 Å². The van der Waals surface area contributed by atoms with Gasteiger partial charge in [0.05, 0.1) is 0 Å². The summed E-state index contributed by atoms with van der Waals surface area (Å²) in [5.74, 6) is 6.50. The Morgan fingerprint density at radius 1 is 0.786 bits per heavy atom.